The van der Waals surface area contributed by atoms with Crippen LogP contribution in [0.5, 0.6) is 17.4 Å². The largest absolute Gasteiger partial charge is 0.495 e. The fourth-order valence-electron chi connectivity index (χ4n) is 5.09. The number of benzene rings is 2. The predicted octanol–water partition coefficient (Wildman–Crippen LogP) is 3.22. The van der Waals surface area contributed by atoms with Crippen molar-refractivity contribution in [2.45, 2.75) is 6.42 Å². The van der Waals surface area contributed by atoms with E-state index in [-0.39, 0.29) is 17.4 Å². The molecule has 3 aromatic heterocycles. The quantitative estimate of drug-likeness (QED) is 0.233. The molecule has 0 bridgehead atoms. The van der Waals surface area contributed by atoms with Gasteiger partial charge in [0.2, 0.25) is 5.88 Å². The first-order valence-corrected chi connectivity index (χ1v) is 14.1. The number of anilines is 1. The predicted molar refractivity (Wildman–Crippen MR) is 161 cm³/mol. The first-order chi connectivity index (χ1) is 21.0. The normalized spacial score (nSPS) is 14.2. The fourth-order valence-corrected chi connectivity index (χ4v) is 5.09. The van der Waals surface area contributed by atoms with E-state index in [0.717, 1.165) is 39.1 Å². The number of imidazole rings is 1. The zero-order chi connectivity index (χ0) is 29.8. The lowest BCUT2D eigenvalue weighted by Gasteiger charge is -2.32. The van der Waals surface area contributed by atoms with Gasteiger partial charge in [-0.05, 0) is 60.7 Å². The monoisotopic (exact) mass is 583 g/mol. The number of fused-ring (bicyclic) bond motifs is 1. The number of aromatic nitrogens is 5. The lowest BCUT2D eigenvalue weighted by molar-refractivity contribution is 0.0949. The minimum atomic E-state index is -0.148. The van der Waals surface area contributed by atoms with E-state index < -0.39 is 0 Å². The number of nitrogens with two attached hydrogens (primary N) is 1. The third-order valence-electron chi connectivity index (χ3n) is 7.42. The van der Waals surface area contributed by atoms with Crippen molar-refractivity contribution < 1.29 is 18.9 Å². The Bertz CT molecular complexity index is 1730. The number of likely N-dealkylation sites (N-methyl/N-ethyl adjacent to an activating group) is 1. The molecule has 13 nitrogen and oxygen atoms in total. The maximum absolute atomic E-state index is 12.9. The van der Waals surface area contributed by atoms with Gasteiger partial charge in [0.05, 0.1) is 24.5 Å². The van der Waals surface area contributed by atoms with Crippen LogP contribution in [0.3, 0.4) is 0 Å². The third kappa shape index (κ3) is 6.12. The highest BCUT2D eigenvalue weighted by molar-refractivity contribution is 5.94. The summed E-state index contributed by atoms with van der Waals surface area (Å²) in [6, 6.07) is 16.3. The van der Waals surface area contributed by atoms with E-state index in [2.05, 4.69) is 37.5 Å². The van der Waals surface area contributed by atoms with E-state index in [1.54, 1.807) is 43.6 Å². The van der Waals surface area contributed by atoms with Crippen LogP contribution in [-0.2, 0) is 0 Å². The van der Waals surface area contributed by atoms with Crippen molar-refractivity contribution in [2.75, 3.05) is 59.2 Å². The van der Waals surface area contributed by atoms with E-state index in [1.165, 1.54) is 0 Å². The molecule has 1 saturated heterocycles. The Hall–Kier alpha value is -5.01. The van der Waals surface area contributed by atoms with E-state index in [9.17, 15) is 4.79 Å². The van der Waals surface area contributed by atoms with E-state index in [0.29, 0.717) is 52.0 Å². The average Bonchev–Trinajstić information content (AvgIpc) is 3.62. The number of ether oxygens (including phenoxy) is 2. The summed E-state index contributed by atoms with van der Waals surface area (Å²) in [5.41, 5.74) is 8.76. The highest BCUT2D eigenvalue weighted by Crippen LogP contribution is 2.35. The topological polar surface area (TPSA) is 150 Å². The van der Waals surface area contributed by atoms with Crippen LogP contribution in [0.1, 0.15) is 16.8 Å². The van der Waals surface area contributed by atoms with Gasteiger partial charge >= 0.3 is 0 Å². The first-order valence-electron chi connectivity index (χ1n) is 14.1. The lowest BCUT2D eigenvalue weighted by Crippen LogP contribution is -2.45. The molecule has 3 N–H and O–H groups in total. The molecule has 4 heterocycles. The highest BCUT2D eigenvalue weighted by atomic mass is 16.6. The summed E-state index contributed by atoms with van der Waals surface area (Å²) in [4.78, 5) is 26.8. The summed E-state index contributed by atoms with van der Waals surface area (Å²) >= 11 is 0. The molecule has 1 fully saturated rings. The molecule has 2 aromatic carbocycles. The standard InChI is InChI=1S/C30H33N9O4/c1-37-13-15-38(16-14-37)12-6-11-32-30(40)20-7-5-8-21(17-20)42-26-18-24-22(19-33-26)34-29(27-28(31)36-43-35-27)39(24)23-9-3-4-10-25(23)41-2/h3-5,7-10,17-19H,6,11-16H2,1-2H3,(H2,31,36)(H,32,40). The van der Waals surface area contributed by atoms with Crippen LogP contribution < -0.4 is 20.5 Å². The van der Waals surface area contributed by atoms with Crippen molar-refractivity contribution in [3.05, 3.63) is 66.4 Å². The molecule has 0 saturated carbocycles. The molecule has 6 rings (SSSR count). The van der Waals surface area contributed by atoms with Gasteiger partial charge in [0.15, 0.2) is 17.3 Å². The molecule has 1 amide bonds. The molecule has 0 atom stereocenters. The minimum absolute atomic E-state index is 0.102. The molecule has 0 aliphatic carbocycles. The Balaban J connectivity index is 1.21. The molecular formula is C30H33N9O4. The highest BCUT2D eigenvalue weighted by Gasteiger charge is 2.23. The summed E-state index contributed by atoms with van der Waals surface area (Å²) in [5, 5.41) is 10.7. The second-order valence-corrected chi connectivity index (χ2v) is 10.3. The zero-order valence-corrected chi connectivity index (χ0v) is 24.1. The van der Waals surface area contributed by atoms with Crippen LogP contribution >= 0.6 is 0 Å². The molecule has 0 radical (unpaired) electrons. The molecule has 5 aromatic rings. The number of pyridine rings is 1. The molecule has 13 heteroatoms. The molecule has 222 valence electrons. The summed E-state index contributed by atoms with van der Waals surface area (Å²) in [7, 11) is 3.74. The molecule has 0 spiro atoms. The second-order valence-electron chi connectivity index (χ2n) is 10.3. The second kappa shape index (κ2) is 12.5. The molecule has 1 aliphatic heterocycles. The number of methoxy groups -OCH3 is 1. The lowest BCUT2D eigenvalue weighted by atomic mass is 10.2. The van der Waals surface area contributed by atoms with Crippen LogP contribution in [0.15, 0.2) is 65.4 Å². The smallest absolute Gasteiger partial charge is 0.251 e. The third-order valence-corrected chi connectivity index (χ3v) is 7.42. The Labute approximate surface area is 248 Å². The SMILES string of the molecule is COc1ccccc1-n1c(-c2nonc2N)nc2cnc(Oc3cccc(C(=O)NCCCN4CCN(C)CC4)c3)cc21. The summed E-state index contributed by atoms with van der Waals surface area (Å²) in [5.74, 6) is 1.76. The van der Waals surface area contributed by atoms with Crippen molar-refractivity contribution in [3.63, 3.8) is 0 Å². The number of carbonyl (C=O) groups is 1. The van der Waals surface area contributed by atoms with Crippen LogP contribution in [0, 0.1) is 0 Å². The van der Waals surface area contributed by atoms with Crippen molar-refractivity contribution in [1.29, 1.82) is 0 Å². The fraction of sp³-hybridized carbons (Fsp3) is 0.300. The first kappa shape index (κ1) is 28.1. The Morgan fingerprint density at radius 2 is 1.91 bits per heavy atom. The number of nitrogen functional groups attached to an aromatic ring is 1. The molecular weight excluding hydrogens is 550 g/mol. The number of para-hydroxylation sites is 2. The van der Waals surface area contributed by atoms with Gasteiger partial charge in [0.25, 0.3) is 5.91 Å². The van der Waals surface area contributed by atoms with Crippen molar-refractivity contribution in [1.82, 2.24) is 40.0 Å². The number of rotatable bonds is 10. The van der Waals surface area contributed by atoms with Crippen molar-refractivity contribution in [3.8, 4) is 34.6 Å². The Morgan fingerprint density at radius 3 is 2.70 bits per heavy atom. The molecule has 43 heavy (non-hydrogen) atoms. The van der Waals surface area contributed by atoms with Crippen molar-refractivity contribution >= 4 is 22.8 Å². The van der Waals surface area contributed by atoms with E-state index in [1.807, 2.05) is 28.8 Å². The van der Waals surface area contributed by atoms with Crippen LogP contribution in [0.4, 0.5) is 5.82 Å². The maximum atomic E-state index is 12.9. The van der Waals surface area contributed by atoms with Crippen LogP contribution in [0.2, 0.25) is 0 Å². The number of amides is 1. The number of nitrogens with one attached hydrogen (secondary N) is 1. The maximum Gasteiger partial charge on any atom is 0.251 e. The summed E-state index contributed by atoms with van der Waals surface area (Å²) in [6.07, 6.45) is 2.49. The van der Waals surface area contributed by atoms with Gasteiger partial charge in [-0.3, -0.25) is 9.36 Å². The van der Waals surface area contributed by atoms with Crippen LogP contribution in [0.25, 0.3) is 28.2 Å². The van der Waals surface area contributed by atoms with Gasteiger partial charge in [-0.1, -0.05) is 18.2 Å². The molecule has 0 unspecified atom stereocenters. The van der Waals surface area contributed by atoms with Gasteiger partial charge in [0.1, 0.15) is 17.0 Å². The average molecular weight is 584 g/mol. The summed E-state index contributed by atoms with van der Waals surface area (Å²) in [6.45, 7) is 5.87. The number of hydrogen-bond acceptors (Lipinski definition) is 11. The Morgan fingerprint density at radius 1 is 1.07 bits per heavy atom. The van der Waals surface area contributed by atoms with Crippen molar-refractivity contribution in [2.24, 2.45) is 0 Å². The number of carbonyl (C=O) groups excluding carboxylic acids is 1. The van der Waals surface area contributed by atoms with E-state index >= 15 is 0 Å². The zero-order valence-electron chi connectivity index (χ0n) is 24.1. The van der Waals surface area contributed by atoms with E-state index in [4.69, 9.17) is 24.8 Å². The number of nitrogens with zero attached hydrogens (tertiary/aromatic N) is 7. The number of piperazine rings is 1. The minimum Gasteiger partial charge on any atom is -0.495 e. The van der Waals surface area contributed by atoms with Gasteiger partial charge in [-0.15, -0.1) is 0 Å². The van der Waals surface area contributed by atoms with Gasteiger partial charge in [0, 0.05) is 44.4 Å². The molecule has 1 aliphatic rings. The van der Waals surface area contributed by atoms with Crippen LogP contribution in [-0.4, -0.2) is 94.0 Å². The van der Waals surface area contributed by atoms with Gasteiger partial charge in [-0.25, -0.2) is 14.6 Å². The Kier molecular flexibility index (Phi) is 8.16. The van der Waals surface area contributed by atoms with Gasteiger partial charge < -0.3 is 30.3 Å². The summed E-state index contributed by atoms with van der Waals surface area (Å²) < 4.78 is 18.4. The van der Waals surface area contributed by atoms with Gasteiger partial charge in [-0.2, -0.15) is 0 Å². The number of hydrogen-bond donors (Lipinski definition) is 2.